The zero-order valence-electron chi connectivity index (χ0n) is 13.0. The van der Waals surface area contributed by atoms with Gasteiger partial charge < -0.3 is 0 Å². The van der Waals surface area contributed by atoms with Gasteiger partial charge in [-0.3, -0.25) is 4.90 Å². The van der Waals surface area contributed by atoms with E-state index in [1.165, 1.54) is 51.6 Å². The zero-order chi connectivity index (χ0) is 13.9. The standard InChI is InChI=1S/C17H30N2/c1-4-14-7-8-15(12-18)16(11-14)19-10-9-17(5-2,6-3)13-19/h14-16H,4-11,13H2,1-3H3. The van der Waals surface area contributed by atoms with Gasteiger partial charge in [-0.05, 0) is 56.4 Å². The molecule has 19 heavy (non-hydrogen) atoms. The summed E-state index contributed by atoms with van der Waals surface area (Å²) in [6, 6.07) is 3.14. The smallest absolute Gasteiger partial charge is 0.0672 e. The van der Waals surface area contributed by atoms with Gasteiger partial charge in [0.25, 0.3) is 0 Å². The van der Waals surface area contributed by atoms with E-state index in [9.17, 15) is 5.26 Å². The van der Waals surface area contributed by atoms with E-state index in [0.717, 1.165) is 12.3 Å². The third kappa shape index (κ3) is 2.97. The van der Waals surface area contributed by atoms with Crippen LogP contribution >= 0.6 is 0 Å². The van der Waals surface area contributed by atoms with Crippen molar-refractivity contribution < 1.29 is 0 Å². The molecule has 0 bridgehead atoms. The lowest BCUT2D eigenvalue weighted by Gasteiger charge is -2.39. The summed E-state index contributed by atoms with van der Waals surface area (Å²) in [5.74, 6) is 1.14. The SMILES string of the molecule is CCC1CCC(C#N)C(N2CCC(CC)(CC)C2)C1. The van der Waals surface area contributed by atoms with Crippen molar-refractivity contribution in [2.24, 2.45) is 17.3 Å². The van der Waals surface area contributed by atoms with Crippen molar-refractivity contribution in [3.05, 3.63) is 0 Å². The van der Waals surface area contributed by atoms with Gasteiger partial charge in [0.1, 0.15) is 0 Å². The Balaban J connectivity index is 2.05. The third-order valence-corrected chi connectivity index (χ3v) is 6.11. The van der Waals surface area contributed by atoms with E-state index in [-0.39, 0.29) is 5.92 Å². The van der Waals surface area contributed by atoms with E-state index in [0.29, 0.717) is 11.5 Å². The molecule has 2 aliphatic rings. The van der Waals surface area contributed by atoms with Crippen molar-refractivity contribution in [2.75, 3.05) is 13.1 Å². The number of rotatable bonds is 4. The molecular weight excluding hydrogens is 232 g/mol. The van der Waals surface area contributed by atoms with Gasteiger partial charge in [0.15, 0.2) is 0 Å². The molecule has 0 aromatic rings. The summed E-state index contributed by atoms with van der Waals surface area (Å²) >= 11 is 0. The molecule has 1 heterocycles. The molecule has 1 aliphatic heterocycles. The lowest BCUT2D eigenvalue weighted by atomic mass is 9.77. The van der Waals surface area contributed by atoms with Gasteiger partial charge in [-0.1, -0.05) is 27.2 Å². The van der Waals surface area contributed by atoms with Crippen LogP contribution in [0.4, 0.5) is 0 Å². The lowest BCUT2D eigenvalue weighted by Crippen LogP contribution is -2.43. The molecular formula is C17H30N2. The normalized spacial score (nSPS) is 35.2. The van der Waals surface area contributed by atoms with Crippen molar-refractivity contribution in [3.63, 3.8) is 0 Å². The minimum Gasteiger partial charge on any atom is -0.298 e. The van der Waals surface area contributed by atoms with Gasteiger partial charge in [0.2, 0.25) is 0 Å². The Morgan fingerprint density at radius 1 is 1.21 bits per heavy atom. The fraction of sp³-hybridized carbons (Fsp3) is 0.941. The van der Waals surface area contributed by atoms with Crippen molar-refractivity contribution in [3.8, 4) is 6.07 Å². The first-order valence-electron chi connectivity index (χ1n) is 8.31. The highest BCUT2D eigenvalue weighted by molar-refractivity contribution is 5.01. The molecule has 1 saturated carbocycles. The monoisotopic (exact) mass is 262 g/mol. The average Bonchev–Trinajstić information content (AvgIpc) is 2.91. The van der Waals surface area contributed by atoms with Gasteiger partial charge in [-0.15, -0.1) is 0 Å². The topological polar surface area (TPSA) is 27.0 Å². The molecule has 1 saturated heterocycles. The third-order valence-electron chi connectivity index (χ3n) is 6.11. The Morgan fingerprint density at radius 2 is 1.95 bits per heavy atom. The van der Waals surface area contributed by atoms with Crippen LogP contribution in [0.2, 0.25) is 0 Å². The summed E-state index contributed by atoms with van der Waals surface area (Å²) in [5, 5.41) is 9.45. The van der Waals surface area contributed by atoms with E-state index in [2.05, 4.69) is 31.7 Å². The van der Waals surface area contributed by atoms with E-state index in [1.54, 1.807) is 0 Å². The molecule has 0 spiro atoms. The number of hydrogen-bond donors (Lipinski definition) is 0. The summed E-state index contributed by atoms with van der Waals surface area (Å²) < 4.78 is 0. The molecule has 1 aliphatic carbocycles. The molecule has 2 nitrogen and oxygen atoms in total. The number of hydrogen-bond acceptors (Lipinski definition) is 2. The first-order chi connectivity index (χ1) is 9.18. The van der Waals surface area contributed by atoms with Crippen LogP contribution in [0.25, 0.3) is 0 Å². The van der Waals surface area contributed by atoms with Crippen LogP contribution in [-0.4, -0.2) is 24.0 Å². The van der Waals surface area contributed by atoms with E-state index < -0.39 is 0 Å². The molecule has 0 N–H and O–H groups in total. The Morgan fingerprint density at radius 3 is 2.47 bits per heavy atom. The van der Waals surface area contributed by atoms with Crippen LogP contribution in [0.5, 0.6) is 0 Å². The summed E-state index contributed by atoms with van der Waals surface area (Å²) in [6.45, 7) is 9.44. The maximum atomic E-state index is 9.45. The average molecular weight is 262 g/mol. The Bertz CT molecular complexity index is 327. The Hall–Kier alpha value is -0.550. The molecule has 0 radical (unpaired) electrons. The summed E-state index contributed by atoms with van der Waals surface area (Å²) in [7, 11) is 0. The molecule has 0 amide bonds. The molecule has 0 aromatic carbocycles. The van der Waals surface area contributed by atoms with E-state index in [1.807, 2.05) is 0 Å². The van der Waals surface area contributed by atoms with Gasteiger partial charge in [-0.25, -0.2) is 0 Å². The molecule has 2 heteroatoms. The largest absolute Gasteiger partial charge is 0.298 e. The minimum absolute atomic E-state index is 0.285. The number of nitriles is 1. The molecule has 2 fully saturated rings. The molecule has 0 aromatic heterocycles. The lowest BCUT2D eigenvalue weighted by molar-refractivity contribution is 0.106. The first-order valence-corrected chi connectivity index (χ1v) is 8.31. The maximum Gasteiger partial charge on any atom is 0.0672 e. The van der Waals surface area contributed by atoms with Gasteiger partial charge in [0.05, 0.1) is 12.0 Å². The minimum atomic E-state index is 0.285. The molecule has 108 valence electrons. The van der Waals surface area contributed by atoms with Crippen LogP contribution < -0.4 is 0 Å². The van der Waals surface area contributed by atoms with Crippen LogP contribution in [0.15, 0.2) is 0 Å². The molecule has 3 atom stereocenters. The van der Waals surface area contributed by atoms with Crippen LogP contribution in [0, 0.1) is 28.6 Å². The fourth-order valence-corrected chi connectivity index (χ4v) is 4.24. The van der Waals surface area contributed by atoms with Crippen molar-refractivity contribution in [2.45, 2.75) is 71.8 Å². The van der Waals surface area contributed by atoms with Gasteiger partial charge in [0, 0.05) is 12.6 Å². The van der Waals surface area contributed by atoms with Crippen molar-refractivity contribution >= 4 is 0 Å². The highest BCUT2D eigenvalue weighted by Gasteiger charge is 2.41. The maximum absolute atomic E-state index is 9.45. The molecule has 2 rings (SSSR count). The van der Waals surface area contributed by atoms with Gasteiger partial charge in [-0.2, -0.15) is 5.26 Å². The van der Waals surface area contributed by atoms with Crippen molar-refractivity contribution in [1.82, 2.24) is 4.90 Å². The fourth-order valence-electron chi connectivity index (χ4n) is 4.24. The Labute approximate surface area is 119 Å². The second-order valence-electron chi connectivity index (χ2n) is 6.82. The second-order valence-corrected chi connectivity index (χ2v) is 6.82. The van der Waals surface area contributed by atoms with Gasteiger partial charge >= 0.3 is 0 Å². The highest BCUT2D eigenvalue weighted by Crippen LogP contribution is 2.42. The quantitative estimate of drug-likeness (QED) is 0.758. The Kier molecular flexibility index (Phi) is 4.90. The first kappa shape index (κ1) is 14.9. The zero-order valence-corrected chi connectivity index (χ0v) is 13.0. The van der Waals surface area contributed by atoms with E-state index in [4.69, 9.17) is 0 Å². The molecule has 3 unspecified atom stereocenters. The summed E-state index contributed by atoms with van der Waals surface area (Å²) in [5.41, 5.74) is 0.541. The van der Waals surface area contributed by atoms with E-state index >= 15 is 0 Å². The predicted molar refractivity (Wildman–Crippen MR) is 79.7 cm³/mol. The van der Waals surface area contributed by atoms with Crippen LogP contribution in [-0.2, 0) is 0 Å². The summed E-state index contributed by atoms with van der Waals surface area (Å²) in [6.07, 6.45) is 8.87. The predicted octanol–water partition coefficient (Wildman–Crippen LogP) is 4.22. The highest BCUT2D eigenvalue weighted by atomic mass is 15.2. The number of nitrogens with zero attached hydrogens (tertiary/aromatic N) is 2. The second kappa shape index (κ2) is 6.27. The number of likely N-dealkylation sites (tertiary alicyclic amines) is 1. The summed E-state index contributed by atoms with van der Waals surface area (Å²) in [4.78, 5) is 2.67. The van der Waals surface area contributed by atoms with Crippen molar-refractivity contribution in [1.29, 1.82) is 5.26 Å². The van der Waals surface area contributed by atoms with Crippen LogP contribution in [0.1, 0.15) is 65.7 Å². The van der Waals surface area contributed by atoms with Crippen LogP contribution in [0.3, 0.4) is 0 Å².